The Morgan fingerprint density at radius 1 is 1.11 bits per heavy atom. The molecule has 2 atom stereocenters. The highest BCUT2D eigenvalue weighted by molar-refractivity contribution is 7.11. The van der Waals surface area contributed by atoms with Crippen LogP contribution in [0.1, 0.15) is 47.1 Å². The van der Waals surface area contributed by atoms with Crippen molar-refractivity contribution in [3.05, 3.63) is 45.7 Å². The van der Waals surface area contributed by atoms with Gasteiger partial charge in [-0.2, -0.15) is 0 Å². The van der Waals surface area contributed by atoms with E-state index < -0.39 is 0 Å². The SMILES string of the molecule is Cc1nc(C)c(C(C)N[C@@H](C)c2ccncc2)s1. The van der Waals surface area contributed by atoms with Crippen molar-refractivity contribution in [2.24, 2.45) is 0 Å². The minimum absolute atomic E-state index is 0.310. The summed E-state index contributed by atoms with van der Waals surface area (Å²) in [7, 11) is 0. The van der Waals surface area contributed by atoms with E-state index in [0.717, 1.165) is 10.7 Å². The van der Waals surface area contributed by atoms with Gasteiger partial charge < -0.3 is 5.32 Å². The number of nitrogens with zero attached hydrogens (tertiary/aromatic N) is 2. The van der Waals surface area contributed by atoms with E-state index in [4.69, 9.17) is 0 Å². The van der Waals surface area contributed by atoms with Gasteiger partial charge in [0.15, 0.2) is 0 Å². The van der Waals surface area contributed by atoms with E-state index in [1.54, 1.807) is 11.3 Å². The van der Waals surface area contributed by atoms with Gasteiger partial charge in [-0.05, 0) is 45.4 Å². The van der Waals surface area contributed by atoms with Crippen LogP contribution in [0.2, 0.25) is 0 Å². The Labute approximate surface area is 112 Å². The van der Waals surface area contributed by atoms with Gasteiger partial charge in [0, 0.05) is 29.4 Å². The van der Waals surface area contributed by atoms with Gasteiger partial charge in [-0.15, -0.1) is 11.3 Å². The molecule has 1 unspecified atom stereocenters. The lowest BCUT2D eigenvalue weighted by Gasteiger charge is -2.19. The Bertz CT molecular complexity index is 507. The van der Waals surface area contributed by atoms with E-state index in [9.17, 15) is 0 Å². The fourth-order valence-electron chi connectivity index (χ4n) is 2.15. The Balaban J connectivity index is 2.08. The summed E-state index contributed by atoms with van der Waals surface area (Å²) in [5.74, 6) is 0. The van der Waals surface area contributed by atoms with E-state index in [2.05, 4.69) is 55.1 Å². The lowest BCUT2D eigenvalue weighted by atomic mass is 10.1. The normalized spacial score (nSPS) is 14.4. The summed E-state index contributed by atoms with van der Waals surface area (Å²) in [6.45, 7) is 8.50. The largest absolute Gasteiger partial charge is 0.303 e. The lowest BCUT2D eigenvalue weighted by Crippen LogP contribution is -2.22. The molecule has 3 nitrogen and oxygen atoms in total. The summed E-state index contributed by atoms with van der Waals surface area (Å²) < 4.78 is 0. The minimum Gasteiger partial charge on any atom is -0.303 e. The van der Waals surface area contributed by atoms with Crippen molar-refractivity contribution in [2.45, 2.75) is 39.8 Å². The quantitative estimate of drug-likeness (QED) is 0.914. The van der Waals surface area contributed by atoms with Crippen LogP contribution < -0.4 is 5.32 Å². The van der Waals surface area contributed by atoms with Crippen molar-refractivity contribution < 1.29 is 0 Å². The number of hydrogen-bond donors (Lipinski definition) is 1. The maximum absolute atomic E-state index is 4.48. The third kappa shape index (κ3) is 2.94. The zero-order valence-corrected chi connectivity index (χ0v) is 12.1. The van der Waals surface area contributed by atoms with Crippen molar-refractivity contribution in [2.75, 3.05) is 0 Å². The molecule has 0 saturated carbocycles. The molecule has 0 aliphatic rings. The van der Waals surface area contributed by atoms with E-state index in [1.165, 1.54) is 10.4 Å². The molecule has 0 saturated heterocycles. The Morgan fingerprint density at radius 3 is 2.33 bits per heavy atom. The topological polar surface area (TPSA) is 37.8 Å². The number of nitrogens with one attached hydrogen (secondary N) is 1. The molecule has 2 heterocycles. The molecule has 0 aliphatic heterocycles. The first kappa shape index (κ1) is 13.2. The summed E-state index contributed by atoms with van der Waals surface area (Å²) in [4.78, 5) is 9.85. The molecule has 1 N–H and O–H groups in total. The van der Waals surface area contributed by atoms with Crippen molar-refractivity contribution in [1.82, 2.24) is 15.3 Å². The van der Waals surface area contributed by atoms with Crippen LogP contribution in [-0.4, -0.2) is 9.97 Å². The Morgan fingerprint density at radius 2 is 1.78 bits per heavy atom. The monoisotopic (exact) mass is 261 g/mol. The van der Waals surface area contributed by atoms with Gasteiger partial charge in [-0.1, -0.05) is 0 Å². The van der Waals surface area contributed by atoms with E-state index >= 15 is 0 Å². The molecule has 0 fully saturated rings. The first-order valence-corrected chi connectivity index (χ1v) is 6.99. The van der Waals surface area contributed by atoms with Crippen LogP contribution in [0, 0.1) is 13.8 Å². The van der Waals surface area contributed by atoms with E-state index in [0.29, 0.717) is 12.1 Å². The highest BCUT2D eigenvalue weighted by atomic mass is 32.1. The van der Waals surface area contributed by atoms with Crippen molar-refractivity contribution in [1.29, 1.82) is 0 Å². The van der Waals surface area contributed by atoms with Crippen molar-refractivity contribution in [3.63, 3.8) is 0 Å². The van der Waals surface area contributed by atoms with Crippen LogP contribution in [0.25, 0.3) is 0 Å². The third-order valence-electron chi connectivity index (χ3n) is 3.04. The molecule has 0 radical (unpaired) electrons. The summed E-state index contributed by atoms with van der Waals surface area (Å²) in [6.07, 6.45) is 3.67. The Kier molecular flexibility index (Phi) is 4.09. The number of hydrogen-bond acceptors (Lipinski definition) is 4. The molecule has 0 bridgehead atoms. The number of thiazole rings is 1. The molecular weight excluding hydrogens is 242 g/mol. The predicted molar refractivity (Wildman–Crippen MR) is 75.8 cm³/mol. The number of rotatable bonds is 4. The predicted octanol–water partition coefficient (Wildman–Crippen LogP) is 3.57. The summed E-state index contributed by atoms with van der Waals surface area (Å²) in [6, 6.07) is 4.73. The van der Waals surface area contributed by atoms with Gasteiger partial charge in [0.1, 0.15) is 0 Å². The number of aromatic nitrogens is 2. The van der Waals surface area contributed by atoms with Crippen LogP contribution in [-0.2, 0) is 0 Å². The van der Waals surface area contributed by atoms with Gasteiger partial charge >= 0.3 is 0 Å². The summed E-state index contributed by atoms with van der Waals surface area (Å²) >= 11 is 1.77. The van der Waals surface area contributed by atoms with E-state index in [1.807, 2.05) is 12.4 Å². The molecule has 2 aromatic heterocycles. The second-order valence-electron chi connectivity index (χ2n) is 4.57. The first-order valence-electron chi connectivity index (χ1n) is 6.18. The first-order chi connectivity index (χ1) is 8.58. The maximum Gasteiger partial charge on any atom is 0.0900 e. The summed E-state index contributed by atoms with van der Waals surface area (Å²) in [5.41, 5.74) is 2.40. The molecule has 4 heteroatoms. The minimum atomic E-state index is 0.310. The highest BCUT2D eigenvalue weighted by Gasteiger charge is 2.15. The summed E-state index contributed by atoms with van der Waals surface area (Å²) in [5, 5.41) is 4.74. The molecule has 96 valence electrons. The third-order valence-corrected chi connectivity index (χ3v) is 4.29. The number of aryl methyl sites for hydroxylation is 2. The lowest BCUT2D eigenvalue weighted by molar-refractivity contribution is 0.498. The van der Waals surface area contributed by atoms with Crippen molar-refractivity contribution in [3.8, 4) is 0 Å². The fourth-order valence-corrected chi connectivity index (χ4v) is 3.09. The molecule has 2 rings (SSSR count). The van der Waals surface area contributed by atoms with Gasteiger partial charge in [0.05, 0.1) is 10.7 Å². The smallest absolute Gasteiger partial charge is 0.0900 e. The van der Waals surface area contributed by atoms with Gasteiger partial charge in [-0.25, -0.2) is 4.98 Å². The fraction of sp³-hybridized carbons (Fsp3) is 0.429. The zero-order chi connectivity index (χ0) is 13.1. The van der Waals surface area contributed by atoms with Crippen LogP contribution >= 0.6 is 11.3 Å². The van der Waals surface area contributed by atoms with Crippen LogP contribution in [0.5, 0.6) is 0 Å². The molecule has 0 amide bonds. The highest BCUT2D eigenvalue weighted by Crippen LogP contribution is 2.26. The molecule has 2 aromatic rings. The molecule has 0 spiro atoms. The van der Waals surface area contributed by atoms with Gasteiger partial charge in [0.25, 0.3) is 0 Å². The van der Waals surface area contributed by atoms with Crippen LogP contribution in [0.3, 0.4) is 0 Å². The Hall–Kier alpha value is -1.26. The molecule has 0 aromatic carbocycles. The zero-order valence-electron chi connectivity index (χ0n) is 11.3. The molecule has 0 aliphatic carbocycles. The average Bonchev–Trinajstić information content (AvgIpc) is 2.69. The van der Waals surface area contributed by atoms with E-state index in [-0.39, 0.29) is 0 Å². The number of pyridine rings is 1. The second kappa shape index (κ2) is 5.59. The molecule has 18 heavy (non-hydrogen) atoms. The molecular formula is C14H19N3S. The van der Waals surface area contributed by atoms with Crippen molar-refractivity contribution >= 4 is 11.3 Å². The van der Waals surface area contributed by atoms with Gasteiger partial charge in [-0.3, -0.25) is 4.98 Å². The average molecular weight is 261 g/mol. The van der Waals surface area contributed by atoms with Crippen LogP contribution in [0.15, 0.2) is 24.5 Å². The van der Waals surface area contributed by atoms with Gasteiger partial charge in [0.2, 0.25) is 0 Å². The van der Waals surface area contributed by atoms with Crippen LogP contribution in [0.4, 0.5) is 0 Å². The standard InChI is InChI=1S/C14H19N3S/c1-9(13-5-7-15-8-6-13)16-10(2)14-11(3)17-12(4)18-14/h5-10,16H,1-4H3/t9-,10?/m0/s1. The maximum atomic E-state index is 4.48. The second-order valence-corrected chi connectivity index (χ2v) is 5.81.